The molecule has 1 aliphatic rings. The van der Waals surface area contributed by atoms with E-state index in [0.29, 0.717) is 0 Å². The lowest BCUT2D eigenvalue weighted by Crippen LogP contribution is -2.28. The molecule has 0 saturated carbocycles. The fourth-order valence-electron chi connectivity index (χ4n) is 4.32. The Hall–Kier alpha value is -2.86. The van der Waals surface area contributed by atoms with Crippen molar-refractivity contribution in [1.29, 1.82) is 0 Å². The molecule has 1 aliphatic carbocycles. The lowest BCUT2D eigenvalue weighted by molar-refractivity contribution is 0.743. The number of hydrogen-bond acceptors (Lipinski definition) is 0. The molecule has 0 saturated heterocycles. The van der Waals surface area contributed by atoms with Crippen molar-refractivity contribution >= 4 is 5.57 Å². The summed E-state index contributed by atoms with van der Waals surface area (Å²) in [6.07, 6.45) is 4.39. The quantitative estimate of drug-likeness (QED) is 0.524. The van der Waals surface area contributed by atoms with Gasteiger partial charge >= 0.3 is 0 Å². The number of benzene rings is 3. The summed E-state index contributed by atoms with van der Waals surface area (Å²) in [6, 6.07) is 30.6. The molecule has 4 rings (SSSR count). The molecule has 0 aliphatic heterocycles. The minimum absolute atomic E-state index is 0.228. The van der Waals surface area contributed by atoms with E-state index in [9.17, 15) is 0 Å². The van der Waals surface area contributed by atoms with Gasteiger partial charge in [0.15, 0.2) is 0 Å². The van der Waals surface area contributed by atoms with Crippen molar-refractivity contribution in [2.45, 2.75) is 19.3 Å². The van der Waals surface area contributed by atoms with Gasteiger partial charge in [0.2, 0.25) is 0 Å². The van der Waals surface area contributed by atoms with E-state index >= 15 is 0 Å². The third-order valence-electron chi connectivity index (χ3n) is 5.33. The monoisotopic (exact) mass is 322 g/mol. The van der Waals surface area contributed by atoms with Crippen LogP contribution in [0.5, 0.6) is 0 Å². The van der Waals surface area contributed by atoms with Crippen LogP contribution in [0.2, 0.25) is 0 Å². The second-order valence-corrected chi connectivity index (χ2v) is 6.57. The second kappa shape index (κ2) is 6.22. The molecule has 0 radical (unpaired) electrons. The maximum Gasteiger partial charge on any atom is 0.0673 e. The average Bonchev–Trinajstić information content (AvgIpc) is 2.93. The molecule has 0 aromatic heterocycles. The predicted octanol–water partition coefficient (Wildman–Crippen LogP) is 6.38. The molecule has 122 valence electrons. The highest BCUT2D eigenvalue weighted by atomic mass is 14.5. The van der Waals surface area contributed by atoms with Gasteiger partial charge in [-0.2, -0.15) is 0 Å². The molecule has 0 heteroatoms. The number of hydrogen-bond donors (Lipinski definition) is 0. The Kier molecular flexibility index (Phi) is 3.89. The van der Waals surface area contributed by atoms with Crippen molar-refractivity contribution in [1.82, 2.24) is 0 Å². The topological polar surface area (TPSA) is 0 Å². The van der Waals surface area contributed by atoms with Crippen LogP contribution in [-0.2, 0) is 5.41 Å². The molecule has 3 aromatic rings. The number of rotatable bonds is 3. The number of allylic oxidation sites excluding steroid dienone is 4. The highest BCUT2D eigenvalue weighted by molar-refractivity contribution is 5.89. The van der Waals surface area contributed by atoms with E-state index in [1.54, 1.807) is 0 Å². The van der Waals surface area contributed by atoms with Gasteiger partial charge in [0.05, 0.1) is 5.41 Å². The largest absolute Gasteiger partial charge is 0.0870 e. The summed E-state index contributed by atoms with van der Waals surface area (Å²) in [5, 5.41) is 0. The summed E-state index contributed by atoms with van der Waals surface area (Å²) < 4.78 is 0. The maximum atomic E-state index is 2.29. The van der Waals surface area contributed by atoms with E-state index in [2.05, 4.69) is 111 Å². The van der Waals surface area contributed by atoms with Crippen LogP contribution in [0, 0.1) is 0 Å². The van der Waals surface area contributed by atoms with Crippen molar-refractivity contribution in [2.75, 3.05) is 0 Å². The van der Waals surface area contributed by atoms with Crippen molar-refractivity contribution in [3.8, 4) is 0 Å². The first-order valence-corrected chi connectivity index (χ1v) is 8.85. The Morgan fingerprint density at radius 2 is 1.20 bits per heavy atom. The van der Waals surface area contributed by atoms with Gasteiger partial charge in [-0.3, -0.25) is 0 Å². The molecule has 3 aromatic carbocycles. The van der Waals surface area contributed by atoms with Crippen LogP contribution in [0.25, 0.3) is 5.57 Å². The minimum atomic E-state index is -0.228. The predicted molar refractivity (Wildman–Crippen MR) is 107 cm³/mol. The van der Waals surface area contributed by atoms with Gasteiger partial charge in [0.25, 0.3) is 0 Å². The van der Waals surface area contributed by atoms with Gasteiger partial charge in [-0.25, -0.2) is 0 Å². The smallest absolute Gasteiger partial charge is 0.0673 e. The van der Waals surface area contributed by atoms with Gasteiger partial charge in [-0.1, -0.05) is 97.1 Å². The van der Waals surface area contributed by atoms with Crippen molar-refractivity contribution < 1.29 is 0 Å². The molecule has 0 nitrogen and oxygen atoms in total. The summed E-state index contributed by atoms with van der Waals surface area (Å²) in [5.41, 5.74) is 7.86. The fourth-order valence-corrected chi connectivity index (χ4v) is 4.32. The molecule has 25 heavy (non-hydrogen) atoms. The third kappa shape index (κ3) is 2.21. The maximum absolute atomic E-state index is 2.29. The van der Waals surface area contributed by atoms with Crippen LogP contribution in [0.15, 0.2) is 103 Å². The van der Waals surface area contributed by atoms with Gasteiger partial charge in [0.1, 0.15) is 0 Å². The standard InChI is InChI=1S/C25H22/c1-3-12-22-19(2)25(20-13-6-4-7-14-20,21-15-8-5-9-16-21)24-18-11-10-17-23(22)24/h3-18H,1-2H3/b12-3-. The Morgan fingerprint density at radius 1 is 0.680 bits per heavy atom. The number of fused-ring (bicyclic) bond motifs is 1. The fraction of sp³-hybridized carbons (Fsp3) is 0.120. The van der Waals surface area contributed by atoms with Crippen LogP contribution in [0.4, 0.5) is 0 Å². The summed E-state index contributed by atoms with van der Waals surface area (Å²) in [4.78, 5) is 0. The van der Waals surface area contributed by atoms with E-state index in [1.165, 1.54) is 33.4 Å². The molecular formula is C25H22. The SMILES string of the molecule is C/C=C\C1=C(C)C(c2ccccc2)(c2ccccc2)c2ccccc21. The molecule has 0 atom stereocenters. The molecule has 0 unspecified atom stereocenters. The Morgan fingerprint density at radius 3 is 1.76 bits per heavy atom. The highest BCUT2D eigenvalue weighted by Gasteiger charge is 2.44. The Labute approximate surface area is 150 Å². The van der Waals surface area contributed by atoms with E-state index in [-0.39, 0.29) is 5.41 Å². The Bertz CT molecular complexity index is 904. The zero-order valence-corrected chi connectivity index (χ0v) is 14.7. The van der Waals surface area contributed by atoms with Crippen LogP contribution in [0.1, 0.15) is 36.1 Å². The van der Waals surface area contributed by atoms with Crippen molar-refractivity contribution in [2.24, 2.45) is 0 Å². The summed E-state index contributed by atoms with van der Waals surface area (Å²) >= 11 is 0. The lowest BCUT2D eigenvalue weighted by atomic mass is 9.67. The molecule has 0 bridgehead atoms. The zero-order valence-electron chi connectivity index (χ0n) is 14.7. The minimum Gasteiger partial charge on any atom is -0.0870 e. The molecule has 0 N–H and O–H groups in total. The first-order valence-electron chi connectivity index (χ1n) is 8.85. The van der Waals surface area contributed by atoms with E-state index in [1.807, 2.05) is 0 Å². The molecule has 0 amide bonds. The van der Waals surface area contributed by atoms with Crippen LogP contribution >= 0.6 is 0 Å². The van der Waals surface area contributed by atoms with Crippen molar-refractivity contribution in [3.05, 3.63) is 125 Å². The first-order chi connectivity index (χ1) is 12.3. The second-order valence-electron chi connectivity index (χ2n) is 6.57. The third-order valence-corrected chi connectivity index (χ3v) is 5.33. The van der Waals surface area contributed by atoms with Gasteiger partial charge in [-0.15, -0.1) is 0 Å². The van der Waals surface area contributed by atoms with Crippen LogP contribution < -0.4 is 0 Å². The van der Waals surface area contributed by atoms with Gasteiger partial charge < -0.3 is 0 Å². The Balaban J connectivity index is 2.15. The summed E-state index contributed by atoms with van der Waals surface area (Å²) in [6.45, 7) is 4.38. The summed E-state index contributed by atoms with van der Waals surface area (Å²) in [5.74, 6) is 0. The van der Waals surface area contributed by atoms with Gasteiger partial charge in [-0.05, 0) is 47.2 Å². The van der Waals surface area contributed by atoms with Crippen LogP contribution in [-0.4, -0.2) is 0 Å². The molecule has 0 spiro atoms. The normalized spacial score (nSPS) is 15.6. The zero-order chi connectivity index (χ0) is 17.3. The van der Waals surface area contributed by atoms with Crippen molar-refractivity contribution in [3.63, 3.8) is 0 Å². The van der Waals surface area contributed by atoms with E-state index in [4.69, 9.17) is 0 Å². The summed E-state index contributed by atoms with van der Waals surface area (Å²) in [7, 11) is 0. The lowest BCUT2D eigenvalue weighted by Gasteiger charge is -2.34. The molecule has 0 fully saturated rings. The molecular weight excluding hydrogens is 300 g/mol. The van der Waals surface area contributed by atoms with Gasteiger partial charge in [0, 0.05) is 0 Å². The van der Waals surface area contributed by atoms with Crippen LogP contribution in [0.3, 0.4) is 0 Å². The highest BCUT2D eigenvalue weighted by Crippen LogP contribution is 2.54. The molecule has 0 heterocycles. The average molecular weight is 322 g/mol. The van der Waals surface area contributed by atoms with E-state index < -0.39 is 0 Å². The van der Waals surface area contributed by atoms with E-state index in [0.717, 1.165) is 0 Å². The first kappa shape index (κ1) is 15.7.